The molecule has 2 saturated heterocycles. The monoisotopic (exact) mass is 367 g/mol. The number of carbonyl (C=O) groups excluding carboxylic acids is 1. The van der Waals surface area contributed by atoms with E-state index in [-0.39, 0.29) is 36.6 Å². The van der Waals surface area contributed by atoms with Crippen molar-refractivity contribution >= 4 is 15.9 Å². The minimum atomic E-state index is -3.50. The summed E-state index contributed by atoms with van der Waals surface area (Å²) in [6.07, 6.45) is 1.37. The first-order chi connectivity index (χ1) is 11.9. The normalized spacial score (nSPS) is 27.0. The van der Waals surface area contributed by atoms with Crippen LogP contribution in [0.1, 0.15) is 30.9 Å². The fraction of sp³-hybridized carbons (Fsp3) is 0.588. The van der Waals surface area contributed by atoms with E-state index in [9.17, 15) is 13.2 Å². The Labute approximate surface area is 148 Å². The van der Waals surface area contributed by atoms with Gasteiger partial charge >= 0.3 is 0 Å². The van der Waals surface area contributed by atoms with Crippen molar-refractivity contribution in [3.05, 3.63) is 35.9 Å². The molecule has 138 valence electrons. The Bertz CT molecular complexity index is 695. The van der Waals surface area contributed by atoms with Gasteiger partial charge in [-0.3, -0.25) is 9.69 Å². The topological polar surface area (TPSA) is 102 Å². The smallest absolute Gasteiger partial charge is 0.220 e. The summed E-state index contributed by atoms with van der Waals surface area (Å²) in [6, 6.07) is 10.6. The van der Waals surface area contributed by atoms with E-state index in [0.29, 0.717) is 12.6 Å². The van der Waals surface area contributed by atoms with Crippen LogP contribution in [0.5, 0.6) is 0 Å². The Hall–Kier alpha value is -1.48. The summed E-state index contributed by atoms with van der Waals surface area (Å²) in [5.41, 5.74) is 1.18. The van der Waals surface area contributed by atoms with Crippen molar-refractivity contribution in [1.82, 2.24) is 10.2 Å². The highest BCUT2D eigenvalue weighted by atomic mass is 32.2. The minimum Gasteiger partial charge on any atom is -0.371 e. The molecular weight excluding hydrogens is 342 g/mol. The number of morpholine rings is 1. The van der Waals surface area contributed by atoms with E-state index in [1.54, 1.807) is 0 Å². The number of hydrogen-bond donors (Lipinski definition) is 2. The van der Waals surface area contributed by atoms with Gasteiger partial charge in [0.2, 0.25) is 15.9 Å². The Morgan fingerprint density at radius 1 is 1.28 bits per heavy atom. The largest absolute Gasteiger partial charge is 0.371 e. The number of fused-ring (bicyclic) bond motifs is 1. The number of nitrogens with two attached hydrogens (primary N) is 1. The van der Waals surface area contributed by atoms with Crippen molar-refractivity contribution in [3.8, 4) is 0 Å². The first-order valence-corrected chi connectivity index (χ1v) is 10.3. The maximum atomic E-state index is 12.0. The number of carbonyl (C=O) groups is 1. The first-order valence-electron chi connectivity index (χ1n) is 8.61. The van der Waals surface area contributed by atoms with Gasteiger partial charge in [-0.15, -0.1) is 0 Å². The van der Waals surface area contributed by atoms with Crippen LogP contribution in [-0.2, 0) is 19.6 Å². The van der Waals surface area contributed by atoms with E-state index >= 15 is 0 Å². The highest BCUT2D eigenvalue weighted by Gasteiger charge is 2.38. The highest BCUT2D eigenvalue weighted by Crippen LogP contribution is 2.30. The molecule has 0 unspecified atom stereocenters. The molecule has 3 rings (SSSR count). The molecule has 1 aromatic rings. The molecule has 0 spiro atoms. The number of benzene rings is 1. The summed E-state index contributed by atoms with van der Waals surface area (Å²) in [5.74, 6) is -0.277. The van der Waals surface area contributed by atoms with Crippen LogP contribution in [-0.4, -0.2) is 56.8 Å². The second-order valence-corrected chi connectivity index (χ2v) is 8.55. The van der Waals surface area contributed by atoms with Gasteiger partial charge in [0.05, 0.1) is 18.5 Å². The molecule has 0 saturated carbocycles. The van der Waals surface area contributed by atoms with Crippen molar-refractivity contribution in [3.63, 3.8) is 0 Å². The zero-order valence-electron chi connectivity index (χ0n) is 14.1. The average Bonchev–Trinajstić information content (AvgIpc) is 2.95. The Morgan fingerprint density at radius 2 is 2.04 bits per heavy atom. The first kappa shape index (κ1) is 18.3. The van der Waals surface area contributed by atoms with Gasteiger partial charge in [0.1, 0.15) is 0 Å². The van der Waals surface area contributed by atoms with Crippen LogP contribution < -0.4 is 10.5 Å². The lowest BCUT2D eigenvalue weighted by Gasteiger charge is -2.35. The van der Waals surface area contributed by atoms with Gasteiger partial charge in [-0.1, -0.05) is 30.3 Å². The van der Waals surface area contributed by atoms with E-state index < -0.39 is 10.0 Å². The van der Waals surface area contributed by atoms with E-state index in [1.165, 1.54) is 5.56 Å². The summed E-state index contributed by atoms with van der Waals surface area (Å²) in [4.78, 5) is 14.4. The maximum Gasteiger partial charge on any atom is 0.220 e. The molecule has 0 aromatic heterocycles. The van der Waals surface area contributed by atoms with Crippen LogP contribution in [0.15, 0.2) is 30.3 Å². The van der Waals surface area contributed by atoms with Gasteiger partial charge in [-0.2, -0.15) is 0 Å². The van der Waals surface area contributed by atoms with Crippen molar-refractivity contribution in [1.29, 1.82) is 0 Å². The van der Waals surface area contributed by atoms with Gasteiger partial charge in [-0.05, 0) is 18.4 Å². The Kier molecular flexibility index (Phi) is 5.73. The number of nitrogens with one attached hydrogen (secondary N) is 1. The lowest BCUT2D eigenvalue weighted by Crippen LogP contribution is -2.43. The third-order valence-corrected chi connectivity index (χ3v) is 5.64. The summed E-state index contributed by atoms with van der Waals surface area (Å²) >= 11 is 0. The third kappa shape index (κ3) is 5.24. The fourth-order valence-corrected chi connectivity index (χ4v) is 4.13. The van der Waals surface area contributed by atoms with Crippen molar-refractivity contribution in [2.45, 2.75) is 37.5 Å². The third-order valence-electron chi connectivity index (χ3n) is 4.79. The van der Waals surface area contributed by atoms with Crippen LogP contribution in [0.2, 0.25) is 0 Å². The molecule has 2 fully saturated rings. The average molecular weight is 367 g/mol. The molecule has 3 N–H and O–H groups in total. The zero-order valence-corrected chi connectivity index (χ0v) is 15.0. The summed E-state index contributed by atoms with van der Waals surface area (Å²) in [7, 11) is -3.50. The number of amides is 1. The van der Waals surface area contributed by atoms with Gasteiger partial charge in [0.25, 0.3) is 0 Å². The Morgan fingerprint density at radius 3 is 2.76 bits per heavy atom. The number of hydrogen-bond acceptors (Lipinski definition) is 5. The van der Waals surface area contributed by atoms with E-state index in [4.69, 9.17) is 9.88 Å². The highest BCUT2D eigenvalue weighted by molar-refractivity contribution is 7.89. The van der Waals surface area contributed by atoms with Crippen LogP contribution in [0.4, 0.5) is 0 Å². The summed E-state index contributed by atoms with van der Waals surface area (Å²) in [5, 5.41) is 7.95. The van der Waals surface area contributed by atoms with Gasteiger partial charge in [0, 0.05) is 31.6 Å². The second-order valence-electron chi connectivity index (χ2n) is 6.81. The number of ether oxygens (including phenoxy) is 1. The molecule has 2 aliphatic rings. The van der Waals surface area contributed by atoms with Crippen LogP contribution in [0.25, 0.3) is 0 Å². The number of sulfonamides is 1. The molecule has 1 aromatic carbocycles. The molecule has 25 heavy (non-hydrogen) atoms. The molecule has 2 aliphatic heterocycles. The van der Waals surface area contributed by atoms with E-state index in [1.807, 2.05) is 18.2 Å². The SMILES string of the molecule is NS(=O)(=O)CCCC(=O)N[C@H]1C[C@H]2CO[C@@H](c3ccccc3)CN2C1. The fourth-order valence-electron chi connectivity index (χ4n) is 3.58. The predicted molar refractivity (Wildman–Crippen MR) is 94.3 cm³/mol. The van der Waals surface area contributed by atoms with Crippen LogP contribution in [0, 0.1) is 0 Å². The minimum absolute atomic E-state index is 0.0710. The molecule has 2 heterocycles. The lowest BCUT2D eigenvalue weighted by molar-refractivity contribution is -0.121. The van der Waals surface area contributed by atoms with Gasteiger partial charge in [-0.25, -0.2) is 13.6 Å². The summed E-state index contributed by atoms with van der Waals surface area (Å²) < 4.78 is 27.8. The number of rotatable bonds is 6. The van der Waals surface area contributed by atoms with Gasteiger partial charge < -0.3 is 10.1 Å². The van der Waals surface area contributed by atoms with Crippen molar-refractivity contribution in [2.24, 2.45) is 5.14 Å². The molecule has 3 atom stereocenters. The zero-order chi connectivity index (χ0) is 17.9. The van der Waals surface area contributed by atoms with Crippen molar-refractivity contribution in [2.75, 3.05) is 25.4 Å². The Balaban J connectivity index is 1.46. The molecule has 0 aliphatic carbocycles. The second kappa shape index (κ2) is 7.82. The van der Waals surface area contributed by atoms with Crippen molar-refractivity contribution < 1.29 is 17.9 Å². The molecule has 7 nitrogen and oxygen atoms in total. The molecule has 0 radical (unpaired) electrons. The van der Waals surface area contributed by atoms with Crippen LogP contribution >= 0.6 is 0 Å². The van der Waals surface area contributed by atoms with Crippen LogP contribution in [0.3, 0.4) is 0 Å². The molecule has 0 bridgehead atoms. The number of nitrogens with zero attached hydrogens (tertiary/aromatic N) is 1. The molecular formula is C17H25N3O4S. The molecule has 1 amide bonds. The standard InChI is InChI=1S/C17H25N3O4S/c18-25(22,23)8-4-7-17(21)19-14-9-15-12-24-16(11-20(15)10-14)13-5-2-1-3-6-13/h1-3,5-6,14-16H,4,7-12H2,(H,19,21)(H2,18,22,23)/t14-,15-,16+/m0/s1. The predicted octanol–water partition coefficient (Wildman–Crippen LogP) is 0.386. The molecule has 8 heteroatoms. The lowest BCUT2D eigenvalue weighted by atomic mass is 10.1. The summed E-state index contributed by atoms with van der Waals surface area (Å²) in [6.45, 7) is 2.29. The maximum absolute atomic E-state index is 12.0. The quantitative estimate of drug-likeness (QED) is 0.757. The van der Waals surface area contributed by atoms with Gasteiger partial charge in [0.15, 0.2) is 0 Å². The van der Waals surface area contributed by atoms with E-state index in [2.05, 4.69) is 22.3 Å². The number of primary sulfonamides is 1. The van der Waals surface area contributed by atoms with E-state index in [0.717, 1.165) is 19.5 Å².